The lowest BCUT2D eigenvalue weighted by Gasteiger charge is -2.44. The molecule has 0 radical (unpaired) electrons. The Bertz CT molecular complexity index is 824. The van der Waals surface area contributed by atoms with Gasteiger partial charge >= 0.3 is 0 Å². The Morgan fingerprint density at radius 2 is 1.83 bits per heavy atom. The van der Waals surface area contributed by atoms with Crippen LogP contribution in [0, 0.1) is 5.82 Å². The maximum absolute atomic E-state index is 14.1. The van der Waals surface area contributed by atoms with Gasteiger partial charge in [0.25, 0.3) is 0 Å². The molecule has 29 heavy (non-hydrogen) atoms. The topological polar surface area (TPSA) is 39.2 Å². The SMILES string of the molecule is COc1cccc(CN2CCC[C@@H](N3CCN(c4ccccc4F)CC3)C2)c1O. The highest BCUT2D eigenvalue weighted by Gasteiger charge is 2.29. The second-order valence-electron chi connectivity index (χ2n) is 7.97. The van der Waals surface area contributed by atoms with E-state index < -0.39 is 0 Å². The van der Waals surface area contributed by atoms with Crippen LogP contribution in [-0.4, -0.2) is 67.3 Å². The summed E-state index contributed by atoms with van der Waals surface area (Å²) in [4.78, 5) is 7.13. The highest BCUT2D eigenvalue weighted by atomic mass is 19.1. The molecular weight excluding hydrogens is 369 g/mol. The number of halogens is 1. The van der Waals surface area contributed by atoms with Gasteiger partial charge in [-0.1, -0.05) is 24.3 Å². The number of phenolic OH excluding ortho intramolecular Hbond substituents is 1. The van der Waals surface area contributed by atoms with Gasteiger partial charge in [-0.2, -0.15) is 0 Å². The van der Waals surface area contributed by atoms with Gasteiger partial charge in [0, 0.05) is 50.9 Å². The number of benzene rings is 2. The molecule has 2 aliphatic rings. The lowest BCUT2D eigenvalue weighted by Crippen LogP contribution is -2.55. The van der Waals surface area contributed by atoms with Crippen molar-refractivity contribution in [2.75, 3.05) is 51.3 Å². The molecule has 1 atom stereocenters. The summed E-state index contributed by atoms with van der Waals surface area (Å²) < 4.78 is 19.3. The number of piperidine rings is 1. The summed E-state index contributed by atoms with van der Waals surface area (Å²) in [5, 5.41) is 10.4. The monoisotopic (exact) mass is 399 g/mol. The average Bonchev–Trinajstić information content (AvgIpc) is 2.76. The van der Waals surface area contributed by atoms with Gasteiger partial charge in [0.2, 0.25) is 0 Å². The number of aromatic hydroxyl groups is 1. The van der Waals surface area contributed by atoms with Crippen LogP contribution in [0.5, 0.6) is 11.5 Å². The van der Waals surface area contributed by atoms with Crippen molar-refractivity contribution >= 4 is 5.69 Å². The van der Waals surface area contributed by atoms with Crippen molar-refractivity contribution in [3.63, 3.8) is 0 Å². The van der Waals surface area contributed by atoms with Gasteiger partial charge in [0.15, 0.2) is 11.5 Å². The molecule has 5 nitrogen and oxygen atoms in total. The number of anilines is 1. The summed E-state index contributed by atoms with van der Waals surface area (Å²) in [5.74, 6) is 0.638. The standard InChI is InChI=1S/C23H30FN3O2/c1-29-22-10-4-6-18(23(22)28)16-25-11-5-7-19(17-25)26-12-14-27(15-13-26)21-9-3-2-8-20(21)24/h2-4,6,8-10,19,28H,5,7,11-17H2,1H3/t19-/m1/s1. The normalized spacial score (nSPS) is 21.3. The number of likely N-dealkylation sites (tertiary alicyclic amines) is 1. The van der Waals surface area contributed by atoms with Crippen LogP contribution in [0.15, 0.2) is 42.5 Å². The Kier molecular flexibility index (Phi) is 6.21. The molecule has 2 aromatic carbocycles. The van der Waals surface area contributed by atoms with Gasteiger partial charge in [-0.05, 0) is 37.6 Å². The number of hydrogen-bond acceptors (Lipinski definition) is 5. The van der Waals surface area contributed by atoms with Gasteiger partial charge in [0.05, 0.1) is 12.8 Å². The molecule has 1 N–H and O–H groups in total. The molecule has 0 amide bonds. The summed E-state index contributed by atoms with van der Waals surface area (Å²) in [7, 11) is 1.58. The third-order valence-electron chi connectivity index (χ3n) is 6.20. The Balaban J connectivity index is 1.34. The zero-order valence-corrected chi connectivity index (χ0v) is 17.1. The van der Waals surface area contributed by atoms with E-state index in [4.69, 9.17) is 4.74 Å². The fourth-order valence-corrected chi connectivity index (χ4v) is 4.61. The van der Waals surface area contributed by atoms with Crippen molar-refractivity contribution in [1.82, 2.24) is 9.80 Å². The molecule has 0 aliphatic carbocycles. The predicted molar refractivity (Wildman–Crippen MR) is 113 cm³/mol. The van der Waals surface area contributed by atoms with Crippen LogP contribution < -0.4 is 9.64 Å². The quantitative estimate of drug-likeness (QED) is 0.835. The number of hydrogen-bond donors (Lipinski definition) is 1. The molecule has 0 unspecified atom stereocenters. The zero-order valence-electron chi connectivity index (χ0n) is 17.1. The first kappa shape index (κ1) is 20.0. The van der Waals surface area contributed by atoms with Crippen LogP contribution in [0.1, 0.15) is 18.4 Å². The number of ether oxygens (including phenoxy) is 1. The van der Waals surface area contributed by atoms with Crippen LogP contribution in [0.2, 0.25) is 0 Å². The number of nitrogens with zero attached hydrogens (tertiary/aromatic N) is 3. The molecule has 2 aliphatic heterocycles. The second-order valence-corrected chi connectivity index (χ2v) is 7.97. The summed E-state index contributed by atoms with van der Waals surface area (Å²) >= 11 is 0. The first-order valence-corrected chi connectivity index (χ1v) is 10.5. The molecule has 6 heteroatoms. The first-order chi connectivity index (χ1) is 14.2. The zero-order chi connectivity index (χ0) is 20.2. The first-order valence-electron chi connectivity index (χ1n) is 10.5. The molecule has 156 valence electrons. The lowest BCUT2D eigenvalue weighted by molar-refractivity contribution is 0.0882. The molecule has 2 heterocycles. The summed E-state index contributed by atoms with van der Waals surface area (Å²) in [6.07, 6.45) is 2.35. The smallest absolute Gasteiger partial charge is 0.162 e. The van der Waals surface area contributed by atoms with Crippen LogP contribution >= 0.6 is 0 Å². The summed E-state index contributed by atoms with van der Waals surface area (Å²) in [5.41, 5.74) is 1.63. The molecular formula is C23H30FN3O2. The molecule has 0 saturated carbocycles. The van der Waals surface area contributed by atoms with Gasteiger partial charge in [-0.3, -0.25) is 9.80 Å². The summed E-state index contributed by atoms with van der Waals surface area (Å²) in [6.45, 7) is 6.39. The van der Waals surface area contributed by atoms with Crippen molar-refractivity contribution in [2.24, 2.45) is 0 Å². The van der Waals surface area contributed by atoms with E-state index in [1.807, 2.05) is 24.3 Å². The minimum absolute atomic E-state index is 0.136. The number of piperazine rings is 1. The van der Waals surface area contributed by atoms with Crippen molar-refractivity contribution < 1.29 is 14.2 Å². The molecule has 2 saturated heterocycles. The number of phenols is 1. The van der Waals surface area contributed by atoms with Crippen molar-refractivity contribution in [3.8, 4) is 11.5 Å². The van der Waals surface area contributed by atoms with Gasteiger partial charge < -0.3 is 14.7 Å². The highest BCUT2D eigenvalue weighted by Crippen LogP contribution is 2.31. The number of rotatable bonds is 5. The van der Waals surface area contributed by atoms with E-state index in [0.29, 0.717) is 17.5 Å². The van der Waals surface area contributed by atoms with Crippen molar-refractivity contribution in [2.45, 2.75) is 25.4 Å². The van der Waals surface area contributed by atoms with E-state index in [9.17, 15) is 9.50 Å². The van der Waals surface area contributed by atoms with Gasteiger partial charge in [-0.25, -0.2) is 4.39 Å². The fourth-order valence-electron chi connectivity index (χ4n) is 4.61. The van der Waals surface area contributed by atoms with E-state index in [1.54, 1.807) is 19.2 Å². The second kappa shape index (κ2) is 9.01. The van der Waals surface area contributed by atoms with Crippen molar-refractivity contribution in [1.29, 1.82) is 0 Å². The Morgan fingerprint density at radius 1 is 1.03 bits per heavy atom. The molecule has 0 aromatic heterocycles. The van der Waals surface area contributed by atoms with E-state index in [1.165, 1.54) is 12.5 Å². The maximum Gasteiger partial charge on any atom is 0.162 e. The Morgan fingerprint density at radius 3 is 2.59 bits per heavy atom. The van der Waals surface area contributed by atoms with Crippen LogP contribution in [0.3, 0.4) is 0 Å². The van der Waals surface area contributed by atoms with Crippen LogP contribution in [0.4, 0.5) is 10.1 Å². The largest absolute Gasteiger partial charge is 0.504 e. The molecule has 0 bridgehead atoms. The van der Waals surface area contributed by atoms with Crippen LogP contribution in [0.25, 0.3) is 0 Å². The highest BCUT2D eigenvalue weighted by molar-refractivity contribution is 5.48. The number of methoxy groups -OCH3 is 1. The molecule has 2 fully saturated rings. The van der Waals surface area contributed by atoms with E-state index in [-0.39, 0.29) is 11.6 Å². The minimum atomic E-state index is -0.136. The van der Waals surface area contributed by atoms with Gasteiger partial charge in [-0.15, -0.1) is 0 Å². The maximum atomic E-state index is 14.1. The summed E-state index contributed by atoms with van der Waals surface area (Å²) in [6, 6.07) is 13.2. The van der Waals surface area contributed by atoms with Crippen molar-refractivity contribution in [3.05, 3.63) is 53.8 Å². The average molecular weight is 400 g/mol. The lowest BCUT2D eigenvalue weighted by atomic mass is 10.0. The van der Waals surface area contributed by atoms with E-state index in [2.05, 4.69) is 14.7 Å². The van der Waals surface area contributed by atoms with Crippen LogP contribution in [-0.2, 0) is 6.54 Å². The Hall–Kier alpha value is -2.31. The van der Waals surface area contributed by atoms with E-state index >= 15 is 0 Å². The van der Waals surface area contributed by atoms with Gasteiger partial charge in [0.1, 0.15) is 5.82 Å². The predicted octanol–water partition coefficient (Wildman–Crippen LogP) is 3.33. The third-order valence-corrected chi connectivity index (χ3v) is 6.20. The molecule has 2 aromatic rings. The minimum Gasteiger partial charge on any atom is -0.504 e. The third kappa shape index (κ3) is 4.49. The Labute approximate surface area is 172 Å². The fraction of sp³-hybridized carbons (Fsp3) is 0.478. The molecule has 4 rings (SSSR count). The molecule has 0 spiro atoms. The number of para-hydroxylation sites is 2. The van der Waals surface area contributed by atoms with E-state index in [0.717, 1.165) is 57.8 Å².